The van der Waals surface area contributed by atoms with Crippen molar-refractivity contribution >= 4 is 21.8 Å². The zero-order chi connectivity index (χ0) is 23.8. The maximum absolute atomic E-state index is 13.1. The second-order valence-corrected chi connectivity index (χ2v) is 9.88. The van der Waals surface area contributed by atoms with Gasteiger partial charge in [-0.2, -0.15) is 0 Å². The molecule has 0 aromatic heterocycles. The lowest BCUT2D eigenvalue weighted by molar-refractivity contribution is -0.134. The molecule has 2 N–H and O–H groups in total. The van der Waals surface area contributed by atoms with Gasteiger partial charge in [0.15, 0.2) is 0 Å². The molecule has 0 aliphatic carbocycles. The third-order valence-electron chi connectivity index (χ3n) is 5.87. The molecule has 1 unspecified atom stereocenters. The molecule has 7 nitrogen and oxygen atoms in total. The van der Waals surface area contributed by atoms with Crippen LogP contribution in [0.25, 0.3) is 0 Å². The van der Waals surface area contributed by atoms with Crippen LogP contribution in [0.2, 0.25) is 0 Å². The van der Waals surface area contributed by atoms with E-state index in [1.54, 1.807) is 12.1 Å². The highest BCUT2D eigenvalue weighted by atomic mass is 32.2. The molecule has 1 aliphatic heterocycles. The van der Waals surface area contributed by atoms with Crippen LogP contribution < -0.4 is 10.0 Å². The number of likely N-dealkylation sites (tertiary alicyclic amines) is 1. The maximum atomic E-state index is 13.1. The molecule has 2 amide bonds. The minimum atomic E-state index is -3.71. The SMILES string of the molecule is C=CCNS(=O)(=O)c1cccc(C(=O)NC2CCN(C(=O)C(CC)c3ccccc3)CC2)c1. The van der Waals surface area contributed by atoms with E-state index in [-0.39, 0.29) is 40.8 Å². The van der Waals surface area contributed by atoms with Gasteiger partial charge in [0, 0.05) is 31.2 Å². The van der Waals surface area contributed by atoms with Gasteiger partial charge in [-0.1, -0.05) is 49.4 Å². The summed E-state index contributed by atoms with van der Waals surface area (Å²) in [6.07, 6.45) is 3.50. The molecule has 0 saturated carbocycles. The number of rotatable bonds is 9. The fourth-order valence-electron chi connectivity index (χ4n) is 4.03. The van der Waals surface area contributed by atoms with E-state index in [2.05, 4.69) is 16.6 Å². The normalized spacial score (nSPS) is 15.6. The Morgan fingerprint density at radius 1 is 1.12 bits per heavy atom. The highest BCUT2D eigenvalue weighted by Crippen LogP contribution is 2.24. The van der Waals surface area contributed by atoms with Gasteiger partial charge in [-0.15, -0.1) is 6.58 Å². The van der Waals surface area contributed by atoms with E-state index in [0.29, 0.717) is 25.9 Å². The zero-order valence-corrected chi connectivity index (χ0v) is 19.7. The number of nitrogens with zero attached hydrogens (tertiary/aromatic N) is 1. The van der Waals surface area contributed by atoms with E-state index in [1.165, 1.54) is 18.2 Å². The lowest BCUT2D eigenvalue weighted by atomic mass is 9.93. The van der Waals surface area contributed by atoms with E-state index in [9.17, 15) is 18.0 Å². The van der Waals surface area contributed by atoms with Gasteiger partial charge in [0.2, 0.25) is 15.9 Å². The van der Waals surface area contributed by atoms with Gasteiger partial charge in [-0.25, -0.2) is 13.1 Å². The second kappa shape index (κ2) is 11.2. The zero-order valence-electron chi connectivity index (χ0n) is 18.9. The maximum Gasteiger partial charge on any atom is 0.251 e. The van der Waals surface area contributed by atoms with Crippen LogP contribution in [0.1, 0.15) is 48.0 Å². The topological polar surface area (TPSA) is 95.6 Å². The van der Waals surface area contributed by atoms with Crippen LogP contribution in [0, 0.1) is 0 Å². The number of carbonyl (C=O) groups excluding carboxylic acids is 2. The summed E-state index contributed by atoms with van der Waals surface area (Å²) in [7, 11) is -3.71. The number of piperidine rings is 1. The molecule has 2 aromatic rings. The lowest BCUT2D eigenvalue weighted by Crippen LogP contribution is -2.47. The molecule has 33 heavy (non-hydrogen) atoms. The molecule has 8 heteroatoms. The van der Waals surface area contributed by atoms with E-state index >= 15 is 0 Å². The molecule has 0 bridgehead atoms. The van der Waals surface area contributed by atoms with Crippen molar-refractivity contribution in [1.29, 1.82) is 0 Å². The number of hydrogen-bond acceptors (Lipinski definition) is 4. The molecular formula is C25H31N3O4S. The summed E-state index contributed by atoms with van der Waals surface area (Å²) in [5.41, 5.74) is 1.31. The van der Waals surface area contributed by atoms with Gasteiger partial charge in [0.1, 0.15) is 0 Å². The molecule has 0 spiro atoms. The molecule has 176 valence electrons. The smallest absolute Gasteiger partial charge is 0.251 e. The van der Waals surface area contributed by atoms with E-state index in [1.807, 2.05) is 42.2 Å². The second-order valence-electron chi connectivity index (χ2n) is 8.11. The predicted molar refractivity (Wildman–Crippen MR) is 128 cm³/mol. The highest BCUT2D eigenvalue weighted by Gasteiger charge is 2.29. The van der Waals surface area contributed by atoms with Crippen molar-refractivity contribution < 1.29 is 18.0 Å². The summed E-state index contributed by atoms with van der Waals surface area (Å²) >= 11 is 0. The van der Waals surface area contributed by atoms with Crippen LogP contribution in [0.3, 0.4) is 0 Å². The molecule has 1 atom stereocenters. The third-order valence-corrected chi connectivity index (χ3v) is 7.30. The van der Waals surface area contributed by atoms with Crippen LogP contribution in [0.15, 0.2) is 72.1 Å². The van der Waals surface area contributed by atoms with E-state index in [4.69, 9.17) is 0 Å². The summed E-state index contributed by atoms with van der Waals surface area (Å²) < 4.78 is 27.0. The average molecular weight is 470 g/mol. The van der Waals surface area contributed by atoms with Gasteiger partial charge < -0.3 is 10.2 Å². The number of nitrogens with one attached hydrogen (secondary N) is 2. The van der Waals surface area contributed by atoms with Crippen molar-refractivity contribution in [3.8, 4) is 0 Å². The summed E-state index contributed by atoms with van der Waals surface area (Å²) in [5.74, 6) is -0.355. The van der Waals surface area contributed by atoms with E-state index in [0.717, 1.165) is 12.0 Å². The first kappa shape index (κ1) is 24.7. The molecule has 1 saturated heterocycles. The molecule has 1 heterocycles. The quantitative estimate of drug-likeness (QED) is 0.552. The minimum absolute atomic E-state index is 0.0314. The van der Waals surface area contributed by atoms with Crippen molar-refractivity contribution in [2.24, 2.45) is 0 Å². The largest absolute Gasteiger partial charge is 0.349 e. The number of amides is 2. The van der Waals surface area contributed by atoms with Gasteiger partial charge in [0.05, 0.1) is 10.8 Å². The van der Waals surface area contributed by atoms with Crippen LogP contribution in [-0.4, -0.2) is 50.8 Å². The van der Waals surface area contributed by atoms with Crippen LogP contribution in [0.5, 0.6) is 0 Å². The van der Waals surface area contributed by atoms with Crippen molar-refractivity contribution in [3.63, 3.8) is 0 Å². The average Bonchev–Trinajstić information content (AvgIpc) is 2.84. The van der Waals surface area contributed by atoms with Gasteiger partial charge in [-0.05, 0) is 43.0 Å². The Hall–Kier alpha value is -2.97. The van der Waals surface area contributed by atoms with Crippen LogP contribution >= 0.6 is 0 Å². The first-order valence-corrected chi connectivity index (χ1v) is 12.7. The van der Waals surface area contributed by atoms with Crippen LogP contribution in [-0.2, 0) is 14.8 Å². The lowest BCUT2D eigenvalue weighted by Gasteiger charge is -2.34. The summed E-state index contributed by atoms with van der Waals surface area (Å²) in [6.45, 7) is 6.78. The summed E-state index contributed by atoms with van der Waals surface area (Å²) in [6, 6.07) is 15.7. The summed E-state index contributed by atoms with van der Waals surface area (Å²) in [5, 5.41) is 2.98. The fourth-order valence-corrected chi connectivity index (χ4v) is 5.07. The minimum Gasteiger partial charge on any atom is -0.349 e. The Bertz CT molecular complexity index is 1080. The Kier molecular flexibility index (Phi) is 8.41. The summed E-state index contributed by atoms with van der Waals surface area (Å²) in [4.78, 5) is 27.7. The Labute approximate surface area is 195 Å². The molecule has 1 fully saturated rings. The molecular weight excluding hydrogens is 438 g/mol. The number of benzene rings is 2. The standard InChI is InChI=1S/C25H31N3O4S/c1-3-15-26-33(31,32)22-12-8-11-20(18-22)24(29)27-21-13-16-28(17-14-21)25(30)23(4-2)19-9-6-5-7-10-19/h3,5-12,18,21,23,26H,1,4,13-17H2,2H3,(H,27,29). The van der Waals surface area contributed by atoms with Gasteiger partial charge in [0.25, 0.3) is 5.91 Å². The van der Waals surface area contributed by atoms with Crippen molar-refractivity contribution in [2.45, 2.75) is 43.0 Å². The first-order valence-electron chi connectivity index (χ1n) is 11.2. The van der Waals surface area contributed by atoms with E-state index < -0.39 is 10.0 Å². The third kappa shape index (κ3) is 6.30. The molecule has 2 aromatic carbocycles. The van der Waals surface area contributed by atoms with Gasteiger partial charge >= 0.3 is 0 Å². The Morgan fingerprint density at radius 2 is 1.82 bits per heavy atom. The van der Waals surface area contributed by atoms with Crippen LogP contribution in [0.4, 0.5) is 0 Å². The van der Waals surface area contributed by atoms with Crippen molar-refractivity contribution in [2.75, 3.05) is 19.6 Å². The Balaban J connectivity index is 1.58. The van der Waals surface area contributed by atoms with Gasteiger partial charge in [-0.3, -0.25) is 9.59 Å². The molecule has 0 radical (unpaired) electrons. The monoisotopic (exact) mass is 469 g/mol. The predicted octanol–water partition coefficient (Wildman–Crippen LogP) is 3.07. The number of carbonyl (C=O) groups is 2. The first-order chi connectivity index (χ1) is 15.9. The number of hydrogen-bond donors (Lipinski definition) is 2. The van der Waals surface area contributed by atoms with Crippen molar-refractivity contribution in [1.82, 2.24) is 14.9 Å². The molecule has 1 aliphatic rings. The highest BCUT2D eigenvalue weighted by molar-refractivity contribution is 7.89. The molecule has 3 rings (SSSR count). The Morgan fingerprint density at radius 3 is 2.45 bits per heavy atom. The number of sulfonamides is 1. The fraction of sp³-hybridized carbons (Fsp3) is 0.360. The van der Waals surface area contributed by atoms with Crippen molar-refractivity contribution in [3.05, 3.63) is 78.4 Å².